The lowest BCUT2D eigenvalue weighted by Crippen LogP contribution is -2.62. The third-order valence-corrected chi connectivity index (χ3v) is 4.90. The van der Waals surface area contributed by atoms with Gasteiger partial charge >= 0.3 is 6.09 Å². The number of rotatable bonds is 2. The summed E-state index contributed by atoms with van der Waals surface area (Å²) in [5.74, 6) is -2.74. The molecule has 2 aliphatic heterocycles. The first-order valence-corrected chi connectivity index (χ1v) is 8.07. The Morgan fingerprint density at radius 2 is 2.04 bits per heavy atom. The van der Waals surface area contributed by atoms with Gasteiger partial charge < -0.3 is 15.0 Å². The molecule has 1 aromatic rings. The van der Waals surface area contributed by atoms with Crippen LogP contribution < -0.4 is 5.32 Å². The van der Waals surface area contributed by atoms with Crippen molar-refractivity contribution in [2.75, 3.05) is 26.2 Å². The van der Waals surface area contributed by atoms with Crippen LogP contribution in [-0.4, -0.2) is 43.1 Å². The van der Waals surface area contributed by atoms with Crippen LogP contribution in [0.2, 0.25) is 0 Å². The van der Waals surface area contributed by atoms with Gasteiger partial charge in [-0.1, -0.05) is 30.3 Å². The molecule has 2 saturated heterocycles. The van der Waals surface area contributed by atoms with Crippen LogP contribution >= 0.6 is 0 Å². The maximum Gasteiger partial charge on any atom is 0.410 e. The molecule has 1 aromatic carbocycles. The average Bonchev–Trinajstić information content (AvgIpc) is 2.57. The molecule has 6 heteroatoms. The van der Waals surface area contributed by atoms with Crippen molar-refractivity contribution in [3.63, 3.8) is 0 Å². The van der Waals surface area contributed by atoms with Gasteiger partial charge in [-0.05, 0) is 18.4 Å². The van der Waals surface area contributed by atoms with Crippen LogP contribution in [0, 0.1) is 5.41 Å². The number of carbonyl (C=O) groups is 1. The predicted molar refractivity (Wildman–Crippen MR) is 82.3 cm³/mol. The average molecular weight is 324 g/mol. The Morgan fingerprint density at radius 1 is 1.26 bits per heavy atom. The standard InChI is InChI=1S/C17H22F2N2O2/c18-17(19)8-9-20-12-16(17)7-4-10-21(13-16)15(22)23-11-14-5-2-1-3-6-14/h1-3,5-6,20H,4,7-13H2. The topological polar surface area (TPSA) is 41.6 Å². The molecule has 126 valence electrons. The fourth-order valence-corrected chi connectivity index (χ4v) is 3.51. The number of hydrogen-bond donors (Lipinski definition) is 1. The molecule has 2 heterocycles. The van der Waals surface area contributed by atoms with E-state index in [4.69, 9.17) is 4.74 Å². The van der Waals surface area contributed by atoms with E-state index in [9.17, 15) is 13.6 Å². The number of nitrogens with one attached hydrogen (secondary N) is 1. The van der Waals surface area contributed by atoms with E-state index in [1.54, 1.807) is 0 Å². The van der Waals surface area contributed by atoms with Crippen molar-refractivity contribution in [2.45, 2.75) is 31.8 Å². The summed E-state index contributed by atoms with van der Waals surface area (Å²) in [7, 11) is 0. The van der Waals surface area contributed by atoms with Crippen LogP contribution in [0.5, 0.6) is 0 Å². The summed E-state index contributed by atoms with van der Waals surface area (Å²) in [4.78, 5) is 13.7. The van der Waals surface area contributed by atoms with E-state index in [0.29, 0.717) is 25.9 Å². The fraction of sp³-hybridized carbons (Fsp3) is 0.588. The molecule has 2 fully saturated rings. The first-order valence-electron chi connectivity index (χ1n) is 8.07. The first kappa shape index (κ1) is 16.2. The summed E-state index contributed by atoms with van der Waals surface area (Å²) < 4.78 is 34.1. The van der Waals surface area contributed by atoms with E-state index in [-0.39, 0.29) is 26.1 Å². The third kappa shape index (κ3) is 3.32. The SMILES string of the molecule is O=C(OCc1ccccc1)N1CCCC2(CNCCC2(F)F)C1. The zero-order chi connectivity index (χ0) is 16.3. The summed E-state index contributed by atoms with van der Waals surface area (Å²) in [6.07, 6.45) is 0.349. The Bertz CT molecular complexity index is 549. The van der Waals surface area contributed by atoms with Gasteiger partial charge in [0.05, 0.1) is 5.41 Å². The zero-order valence-corrected chi connectivity index (χ0v) is 13.1. The highest BCUT2D eigenvalue weighted by Crippen LogP contribution is 2.47. The fourth-order valence-electron chi connectivity index (χ4n) is 3.51. The number of carbonyl (C=O) groups excluding carboxylic acids is 1. The molecule has 0 aliphatic carbocycles. The van der Waals surface area contributed by atoms with Crippen LogP contribution in [0.1, 0.15) is 24.8 Å². The van der Waals surface area contributed by atoms with Crippen molar-refractivity contribution < 1.29 is 18.3 Å². The summed E-state index contributed by atoms with van der Waals surface area (Å²) in [6, 6.07) is 9.35. The molecule has 1 atom stereocenters. The van der Waals surface area contributed by atoms with Crippen molar-refractivity contribution in [1.82, 2.24) is 10.2 Å². The number of nitrogens with zero attached hydrogens (tertiary/aromatic N) is 1. The molecule has 0 bridgehead atoms. The Balaban J connectivity index is 1.63. The molecule has 1 spiro atoms. The van der Waals surface area contributed by atoms with Gasteiger partial charge in [0.2, 0.25) is 0 Å². The summed E-state index contributed by atoms with van der Waals surface area (Å²) >= 11 is 0. The second kappa shape index (κ2) is 6.43. The first-order chi connectivity index (χ1) is 11.0. The Kier molecular flexibility index (Phi) is 4.53. The van der Waals surface area contributed by atoms with Crippen LogP contribution in [-0.2, 0) is 11.3 Å². The molecule has 2 aliphatic rings. The van der Waals surface area contributed by atoms with Crippen molar-refractivity contribution in [2.24, 2.45) is 5.41 Å². The minimum absolute atomic E-state index is 0.0562. The van der Waals surface area contributed by atoms with Crippen LogP contribution in [0.4, 0.5) is 13.6 Å². The molecule has 0 aromatic heterocycles. The molecular weight excluding hydrogens is 302 g/mol. The predicted octanol–water partition coefficient (Wildman–Crippen LogP) is 3.03. The van der Waals surface area contributed by atoms with Gasteiger partial charge in [-0.25, -0.2) is 13.6 Å². The Hall–Kier alpha value is -1.69. The second-order valence-corrected chi connectivity index (χ2v) is 6.48. The maximum atomic E-state index is 14.4. The smallest absolute Gasteiger partial charge is 0.410 e. The van der Waals surface area contributed by atoms with Gasteiger partial charge in [-0.15, -0.1) is 0 Å². The molecule has 1 amide bonds. The normalized spacial score (nSPS) is 27.0. The number of alkyl halides is 2. The molecule has 4 nitrogen and oxygen atoms in total. The van der Waals surface area contributed by atoms with Crippen molar-refractivity contribution in [3.05, 3.63) is 35.9 Å². The van der Waals surface area contributed by atoms with Gasteiger partial charge in [0.25, 0.3) is 5.92 Å². The van der Waals surface area contributed by atoms with Crippen molar-refractivity contribution >= 4 is 6.09 Å². The molecule has 3 rings (SSSR count). The summed E-state index contributed by atoms with van der Waals surface area (Å²) in [5.41, 5.74) is -0.271. The quantitative estimate of drug-likeness (QED) is 0.909. The van der Waals surface area contributed by atoms with Gasteiger partial charge in [0.1, 0.15) is 6.61 Å². The number of hydrogen-bond acceptors (Lipinski definition) is 3. The van der Waals surface area contributed by atoms with Crippen LogP contribution in [0.3, 0.4) is 0 Å². The number of benzene rings is 1. The Morgan fingerprint density at radius 3 is 2.78 bits per heavy atom. The Labute approximate surface area is 134 Å². The second-order valence-electron chi connectivity index (χ2n) is 6.48. The number of ether oxygens (including phenoxy) is 1. The van der Waals surface area contributed by atoms with Crippen LogP contribution in [0.25, 0.3) is 0 Å². The summed E-state index contributed by atoms with van der Waals surface area (Å²) in [5, 5.41) is 3.06. The molecule has 1 N–H and O–H groups in total. The number of halogens is 2. The monoisotopic (exact) mass is 324 g/mol. The number of piperidine rings is 2. The molecule has 23 heavy (non-hydrogen) atoms. The van der Waals surface area contributed by atoms with Crippen molar-refractivity contribution in [3.8, 4) is 0 Å². The molecular formula is C17H22F2N2O2. The summed E-state index contributed by atoms with van der Waals surface area (Å²) in [6.45, 7) is 1.28. The maximum absolute atomic E-state index is 14.4. The molecule has 0 saturated carbocycles. The van der Waals surface area contributed by atoms with Gasteiger partial charge in [-0.3, -0.25) is 0 Å². The highest BCUT2D eigenvalue weighted by Gasteiger charge is 2.56. The van der Waals surface area contributed by atoms with Crippen LogP contribution in [0.15, 0.2) is 30.3 Å². The van der Waals surface area contributed by atoms with Gasteiger partial charge in [0, 0.05) is 32.6 Å². The lowest BCUT2D eigenvalue weighted by molar-refractivity contribution is -0.162. The minimum Gasteiger partial charge on any atom is -0.445 e. The third-order valence-electron chi connectivity index (χ3n) is 4.90. The van der Waals surface area contributed by atoms with E-state index in [1.165, 1.54) is 4.90 Å². The number of likely N-dealkylation sites (tertiary alicyclic amines) is 1. The molecule has 1 unspecified atom stereocenters. The van der Waals surface area contributed by atoms with Gasteiger partial charge in [-0.2, -0.15) is 0 Å². The lowest BCUT2D eigenvalue weighted by Gasteiger charge is -2.49. The lowest BCUT2D eigenvalue weighted by atomic mass is 9.71. The largest absolute Gasteiger partial charge is 0.445 e. The van der Waals surface area contributed by atoms with E-state index < -0.39 is 17.4 Å². The van der Waals surface area contributed by atoms with E-state index in [1.807, 2.05) is 30.3 Å². The zero-order valence-electron chi connectivity index (χ0n) is 13.1. The van der Waals surface area contributed by atoms with Gasteiger partial charge in [0.15, 0.2) is 0 Å². The van der Waals surface area contributed by atoms with Crippen molar-refractivity contribution in [1.29, 1.82) is 0 Å². The minimum atomic E-state index is -2.74. The highest BCUT2D eigenvalue weighted by atomic mass is 19.3. The van der Waals surface area contributed by atoms with E-state index in [2.05, 4.69) is 5.32 Å². The number of amides is 1. The highest BCUT2D eigenvalue weighted by molar-refractivity contribution is 5.68. The molecule has 0 radical (unpaired) electrons. The van der Waals surface area contributed by atoms with E-state index >= 15 is 0 Å². The van der Waals surface area contributed by atoms with E-state index in [0.717, 1.165) is 5.56 Å².